The summed E-state index contributed by atoms with van der Waals surface area (Å²) in [6.45, 7) is 8.33. The van der Waals surface area contributed by atoms with Crippen molar-refractivity contribution in [3.8, 4) is 0 Å². The quantitative estimate of drug-likeness (QED) is 0.762. The van der Waals surface area contributed by atoms with E-state index in [0.717, 1.165) is 19.4 Å². The van der Waals surface area contributed by atoms with Crippen molar-refractivity contribution in [1.82, 2.24) is 9.62 Å². The first-order chi connectivity index (χ1) is 8.87. The Morgan fingerprint density at radius 3 is 2.32 bits per heavy atom. The molecule has 1 heterocycles. The molecule has 1 rings (SSSR count). The van der Waals surface area contributed by atoms with Gasteiger partial charge in [0.05, 0.1) is 5.25 Å². The van der Waals surface area contributed by atoms with Crippen LogP contribution in [0.5, 0.6) is 0 Å². The van der Waals surface area contributed by atoms with Crippen LogP contribution in [0.2, 0.25) is 0 Å². The molecule has 114 valence electrons. The van der Waals surface area contributed by atoms with Gasteiger partial charge in [0.25, 0.3) is 0 Å². The first-order valence-corrected chi connectivity index (χ1v) is 8.59. The number of hydrogen-bond donors (Lipinski definition) is 1. The van der Waals surface area contributed by atoms with Crippen molar-refractivity contribution in [2.45, 2.75) is 44.9 Å². The number of piperidine rings is 1. The van der Waals surface area contributed by atoms with Gasteiger partial charge in [0.15, 0.2) is 0 Å². The molecule has 1 saturated heterocycles. The molecule has 1 fully saturated rings. The van der Waals surface area contributed by atoms with Crippen molar-refractivity contribution in [3.63, 3.8) is 0 Å². The molecule has 1 aliphatic heterocycles. The van der Waals surface area contributed by atoms with Crippen LogP contribution in [-0.2, 0) is 14.8 Å². The molecule has 0 aliphatic carbocycles. The molecular weight excluding hydrogens is 264 g/mol. The van der Waals surface area contributed by atoms with Gasteiger partial charge in [-0.15, -0.1) is 0 Å². The zero-order chi connectivity index (χ0) is 14.5. The minimum absolute atomic E-state index is 0.310. The number of nitrogens with one attached hydrogen (secondary N) is 1. The molecule has 0 aromatic rings. The average Bonchev–Trinajstić information content (AvgIpc) is 2.36. The molecular formula is C13H28N2O3S. The van der Waals surface area contributed by atoms with Gasteiger partial charge in [0.2, 0.25) is 10.0 Å². The highest BCUT2D eigenvalue weighted by molar-refractivity contribution is 7.89. The summed E-state index contributed by atoms with van der Waals surface area (Å²) in [5, 5.41) is 2.83. The van der Waals surface area contributed by atoms with Gasteiger partial charge in [-0.2, -0.15) is 0 Å². The standard InChI is InChI=1S/C13H28N2O3S/c1-11(2)14-9-12(3)19(16,17)15-7-5-13(6-8-15)10-18-4/h11-14H,5-10H2,1-4H3. The molecule has 5 nitrogen and oxygen atoms in total. The zero-order valence-corrected chi connectivity index (χ0v) is 13.4. The molecule has 0 aromatic heterocycles. The second-order valence-corrected chi connectivity index (χ2v) is 8.07. The topological polar surface area (TPSA) is 58.6 Å². The average molecular weight is 292 g/mol. The van der Waals surface area contributed by atoms with Crippen LogP contribution < -0.4 is 5.32 Å². The molecule has 0 amide bonds. The minimum Gasteiger partial charge on any atom is -0.384 e. The van der Waals surface area contributed by atoms with Crippen LogP contribution in [0.25, 0.3) is 0 Å². The highest BCUT2D eigenvalue weighted by Gasteiger charge is 2.31. The molecule has 0 saturated carbocycles. The largest absolute Gasteiger partial charge is 0.384 e. The van der Waals surface area contributed by atoms with Gasteiger partial charge >= 0.3 is 0 Å². The van der Waals surface area contributed by atoms with Crippen molar-refractivity contribution in [3.05, 3.63) is 0 Å². The van der Waals surface area contributed by atoms with Crippen LogP contribution in [0, 0.1) is 5.92 Å². The van der Waals surface area contributed by atoms with Gasteiger partial charge in [0.1, 0.15) is 0 Å². The molecule has 0 bridgehead atoms. The second kappa shape index (κ2) is 7.57. The van der Waals surface area contributed by atoms with Gasteiger partial charge in [-0.3, -0.25) is 0 Å². The highest BCUT2D eigenvalue weighted by atomic mass is 32.2. The smallest absolute Gasteiger partial charge is 0.217 e. The number of nitrogens with zero attached hydrogens (tertiary/aromatic N) is 1. The van der Waals surface area contributed by atoms with Gasteiger partial charge in [-0.05, 0) is 25.7 Å². The highest BCUT2D eigenvalue weighted by Crippen LogP contribution is 2.21. The molecule has 1 atom stereocenters. The number of sulfonamides is 1. The summed E-state index contributed by atoms with van der Waals surface area (Å²) >= 11 is 0. The van der Waals surface area contributed by atoms with Crippen molar-refractivity contribution in [2.24, 2.45) is 5.92 Å². The summed E-state index contributed by atoms with van der Waals surface area (Å²) in [6.07, 6.45) is 1.80. The third kappa shape index (κ3) is 5.02. The number of methoxy groups -OCH3 is 1. The Labute approximate surface area is 117 Å². The van der Waals surface area contributed by atoms with Crippen LogP contribution in [0.3, 0.4) is 0 Å². The van der Waals surface area contributed by atoms with Crippen LogP contribution in [0.1, 0.15) is 33.6 Å². The van der Waals surface area contributed by atoms with Gasteiger partial charge < -0.3 is 10.1 Å². The second-order valence-electron chi connectivity index (χ2n) is 5.72. The van der Waals surface area contributed by atoms with Gasteiger partial charge in [0, 0.05) is 39.4 Å². The molecule has 1 N–H and O–H groups in total. The lowest BCUT2D eigenvalue weighted by molar-refractivity contribution is 0.121. The molecule has 1 aliphatic rings. The first kappa shape index (κ1) is 16.9. The Morgan fingerprint density at radius 1 is 1.26 bits per heavy atom. The summed E-state index contributed by atoms with van der Waals surface area (Å²) in [5.41, 5.74) is 0. The summed E-state index contributed by atoms with van der Waals surface area (Å²) in [5.74, 6) is 0.501. The maximum atomic E-state index is 12.4. The van der Waals surface area contributed by atoms with Crippen LogP contribution in [-0.4, -0.2) is 57.4 Å². The predicted molar refractivity (Wildman–Crippen MR) is 77.7 cm³/mol. The first-order valence-electron chi connectivity index (χ1n) is 7.09. The number of rotatable bonds is 7. The monoisotopic (exact) mass is 292 g/mol. The maximum Gasteiger partial charge on any atom is 0.217 e. The lowest BCUT2D eigenvalue weighted by atomic mass is 9.99. The normalized spacial score (nSPS) is 20.9. The SMILES string of the molecule is COCC1CCN(S(=O)(=O)C(C)CNC(C)C)CC1. The fourth-order valence-corrected chi connectivity index (χ4v) is 3.86. The molecule has 1 unspecified atom stereocenters. The summed E-state index contributed by atoms with van der Waals surface area (Å²) in [6, 6.07) is 0.310. The maximum absolute atomic E-state index is 12.4. The van der Waals surface area contributed by atoms with Crippen molar-refractivity contribution in [1.29, 1.82) is 0 Å². The number of hydrogen-bond acceptors (Lipinski definition) is 4. The third-order valence-corrected chi connectivity index (χ3v) is 5.93. The summed E-state index contributed by atoms with van der Waals surface area (Å²) in [4.78, 5) is 0. The molecule has 0 aromatic carbocycles. The molecule has 6 heteroatoms. The van der Waals surface area contributed by atoms with E-state index in [0.29, 0.717) is 31.6 Å². The van der Waals surface area contributed by atoms with E-state index in [2.05, 4.69) is 5.32 Å². The van der Waals surface area contributed by atoms with E-state index in [9.17, 15) is 8.42 Å². The predicted octanol–water partition coefficient (Wildman–Crippen LogP) is 1.06. The van der Waals surface area contributed by atoms with E-state index < -0.39 is 10.0 Å². The summed E-state index contributed by atoms with van der Waals surface area (Å²) in [7, 11) is -1.47. The molecule has 0 radical (unpaired) electrons. The number of ether oxygens (including phenoxy) is 1. The Bertz CT molecular complexity index is 349. The molecule has 19 heavy (non-hydrogen) atoms. The van der Waals surface area contributed by atoms with Crippen LogP contribution >= 0.6 is 0 Å². The van der Waals surface area contributed by atoms with E-state index in [1.54, 1.807) is 18.3 Å². The van der Waals surface area contributed by atoms with Gasteiger partial charge in [-0.1, -0.05) is 13.8 Å². The summed E-state index contributed by atoms with van der Waals surface area (Å²) < 4.78 is 31.6. The Morgan fingerprint density at radius 2 is 1.84 bits per heavy atom. The van der Waals surface area contributed by atoms with E-state index in [1.165, 1.54) is 0 Å². The van der Waals surface area contributed by atoms with Gasteiger partial charge in [-0.25, -0.2) is 12.7 Å². The van der Waals surface area contributed by atoms with Crippen molar-refractivity contribution < 1.29 is 13.2 Å². The van der Waals surface area contributed by atoms with Crippen LogP contribution in [0.15, 0.2) is 0 Å². The minimum atomic E-state index is -3.17. The van der Waals surface area contributed by atoms with Crippen molar-refractivity contribution in [2.75, 3.05) is 33.4 Å². The Balaban J connectivity index is 2.50. The van der Waals surface area contributed by atoms with Crippen LogP contribution in [0.4, 0.5) is 0 Å². The Kier molecular flexibility index (Phi) is 6.73. The zero-order valence-electron chi connectivity index (χ0n) is 12.6. The fourth-order valence-electron chi connectivity index (χ4n) is 2.33. The van der Waals surface area contributed by atoms with Crippen molar-refractivity contribution >= 4 is 10.0 Å². The fraction of sp³-hybridized carbons (Fsp3) is 1.00. The lowest BCUT2D eigenvalue weighted by Gasteiger charge is -2.33. The third-order valence-electron chi connectivity index (χ3n) is 3.66. The molecule has 0 spiro atoms. The van der Waals surface area contributed by atoms with E-state index in [-0.39, 0.29) is 5.25 Å². The Hall–Kier alpha value is -0.170. The van der Waals surface area contributed by atoms with E-state index >= 15 is 0 Å². The lowest BCUT2D eigenvalue weighted by Crippen LogP contribution is -2.46. The van der Waals surface area contributed by atoms with E-state index in [1.807, 2.05) is 13.8 Å². The van der Waals surface area contributed by atoms with E-state index in [4.69, 9.17) is 4.74 Å².